The van der Waals surface area contributed by atoms with Crippen molar-refractivity contribution in [1.29, 1.82) is 0 Å². The molecule has 0 spiro atoms. The van der Waals surface area contributed by atoms with Gasteiger partial charge in [-0.1, -0.05) is 19.3 Å². The molecular weight excluding hydrogens is 236 g/mol. The zero-order chi connectivity index (χ0) is 13.1. The van der Waals surface area contributed by atoms with Gasteiger partial charge in [0.15, 0.2) is 0 Å². The van der Waals surface area contributed by atoms with Crippen LogP contribution in [0, 0.1) is 11.8 Å². The van der Waals surface area contributed by atoms with E-state index < -0.39 is 0 Å². The highest BCUT2D eigenvalue weighted by molar-refractivity contribution is 5.79. The topological polar surface area (TPSA) is 32.3 Å². The third-order valence-corrected chi connectivity index (χ3v) is 5.14. The normalized spacial score (nSPS) is 26.3. The molecule has 2 saturated carbocycles. The van der Waals surface area contributed by atoms with Gasteiger partial charge in [0, 0.05) is 18.5 Å². The zero-order valence-electron chi connectivity index (χ0n) is 12.1. The van der Waals surface area contributed by atoms with Crippen molar-refractivity contribution in [3.63, 3.8) is 0 Å². The van der Waals surface area contributed by atoms with Gasteiger partial charge in [-0.25, -0.2) is 0 Å². The zero-order valence-corrected chi connectivity index (χ0v) is 12.1. The van der Waals surface area contributed by atoms with Crippen molar-refractivity contribution in [3.05, 3.63) is 0 Å². The maximum atomic E-state index is 12.8. The molecule has 0 radical (unpaired) electrons. The van der Waals surface area contributed by atoms with Gasteiger partial charge in [-0.2, -0.15) is 0 Å². The molecule has 0 aromatic carbocycles. The van der Waals surface area contributed by atoms with E-state index in [9.17, 15) is 4.79 Å². The molecule has 0 aromatic rings. The van der Waals surface area contributed by atoms with Crippen molar-refractivity contribution in [2.45, 2.75) is 63.8 Å². The van der Waals surface area contributed by atoms with Gasteiger partial charge in [-0.3, -0.25) is 4.79 Å². The van der Waals surface area contributed by atoms with Gasteiger partial charge >= 0.3 is 0 Å². The molecule has 1 aliphatic heterocycles. The average Bonchev–Trinajstić information content (AvgIpc) is 3.31. The molecule has 3 rings (SSSR count). The Morgan fingerprint density at radius 1 is 0.947 bits per heavy atom. The molecule has 3 fully saturated rings. The van der Waals surface area contributed by atoms with E-state index in [1.54, 1.807) is 0 Å². The van der Waals surface area contributed by atoms with Gasteiger partial charge in [0.05, 0.1) is 0 Å². The number of amides is 1. The van der Waals surface area contributed by atoms with E-state index in [2.05, 4.69) is 10.2 Å². The second-order valence-electron chi connectivity index (χ2n) is 6.75. The lowest BCUT2D eigenvalue weighted by molar-refractivity contribution is -0.137. The largest absolute Gasteiger partial charge is 0.339 e. The van der Waals surface area contributed by atoms with Gasteiger partial charge in [0.25, 0.3) is 0 Å². The summed E-state index contributed by atoms with van der Waals surface area (Å²) in [6, 6.07) is 0.601. The lowest BCUT2D eigenvalue weighted by Gasteiger charge is -2.33. The van der Waals surface area contributed by atoms with Crippen LogP contribution in [0.2, 0.25) is 0 Å². The molecule has 1 saturated heterocycles. The fourth-order valence-electron chi connectivity index (χ4n) is 3.76. The highest BCUT2D eigenvalue weighted by Crippen LogP contribution is 2.33. The van der Waals surface area contributed by atoms with Crippen LogP contribution in [0.3, 0.4) is 0 Å². The number of carbonyl (C=O) groups excluding carboxylic acids is 1. The minimum absolute atomic E-state index is 0.311. The second kappa shape index (κ2) is 6.25. The molecule has 0 bridgehead atoms. The Kier molecular flexibility index (Phi) is 4.42. The second-order valence-corrected chi connectivity index (χ2v) is 6.75. The van der Waals surface area contributed by atoms with Gasteiger partial charge in [-0.15, -0.1) is 0 Å². The highest BCUT2D eigenvalue weighted by Gasteiger charge is 2.37. The van der Waals surface area contributed by atoms with Crippen molar-refractivity contribution in [3.8, 4) is 0 Å². The van der Waals surface area contributed by atoms with Crippen LogP contribution in [-0.2, 0) is 4.79 Å². The predicted octanol–water partition coefficient (Wildman–Crippen LogP) is 2.56. The van der Waals surface area contributed by atoms with Crippen LogP contribution < -0.4 is 5.32 Å². The molecule has 2 aliphatic carbocycles. The van der Waals surface area contributed by atoms with Crippen LogP contribution in [0.5, 0.6) is 0 Å². The standard InChI is InChI=1S/C16H28N2O/c19-16(14-8-10-17-11-9-14)18(15-6-7-15)12-13-4-2-1-3-5-13/h13-15,17H,1-12H2. The summed E-state index contributed by atoms with van der Waals surface area (Å²) in [5, 5.41) is 3.36. The van der Waals surface area contributed by atoms with E-state index in [-0.39, 0.29) is 0 Å². The number of piperidine rings is 1. The van der Waals surface area contributed by atoms with Gasteiger partial charge in [0.2, 0.25) is 5.91 Å². The van der Waals surface area contributed by atoms with Gasteiger partial charge in [-0.05, 0) is 57.5 Å². The Labute approximate surface area is 117 Å². The Bertz CT molecular complexity index is 302. The average molecular weight is 264 g/mol. The fraction of sp³-hybridized carbons (Fsp3) is 0.938. The molecule has 19 heavy (non-hydrogen) atoms. The minimum Gasteiger partial charge on any atom is -0.339 e. The monoisotopic (exact) mass is 264 g/mol. The number of nitrogens with one attached hydrogen (secondary N) is 1. The van der Waals surface area contributed by atoms with Crippen LogP contribution in [-0.4, -0.2) is 36.5 Å². The van der Waals surface area contributed by atoms with Gasteiger partial charge in [0.1, 0.15) is 0 Å². The third-order valence-electron chi connectivity index (χ3n) is 5.14. The molecule has 1 amide bonds. The lowest BCUT2D eigenvalue weighted by atomic mass is 9.88. The molecule has 3 nitrogen and oxygen atoms in total. The highest BCUT2D eigenvalue weighted by atomic mass is 16.2. The van der Waals surface area contributed by atoms with Crippen LogP contribution in [0.4, 0.5) is 0 Å². The minimum atomic E-state index is 0.311. The van der Waals surface area contributed by atoms with Crippen LogP contribution >= 0.6 is 0 Å². The maximum Gasteiger partial charge on any atom is 0.226 e. The molecular formula is C16H28N2O. The molecule has 0 aromatic heterocycles. The first-order valence-electron chi connectivity index (χ1n) is 8.36. The van der Waals surface area contributed by atoms with E-state index in [0.29, 0.717) is 17.9 Å². The molecule has 108 valence electrons. The number of hydrogen-bond acceptors (Lipinski definition) is 2. The number of carbonyl (C=O) groups is 1. The summed E-state index contributed by atoms with van der Waals surface area (Å²) in [4.78, 5) is 15.0. The van der Waals surface area contributed by atoms with Crippen molar-refractivity contribution < 1.29 is 4.79 Å². The van der Waals surface area contributed by atoms with E-state index in [1.165, 1.54) is 44.9 Å². The van der Waals surface area contributed by atoms with Crippen molar-refractivity contribution in [2.75, 3.05) is 19.6 Å². The van der Waals surface area contributed by atoms with Gasteiger partial charge < -0.3 is 10.2 Å². The number of nitrogens with zero attached hydrogens (tertiary/aromatic N) is 1. The molecule has 1 N–H and O–H groups in total. The first-order valence-corrected chi connectivity index (χ1v) is 8.36. The Balaban J connectivity index is 1.57. The quantitative estimate of drug-likeness (QED) is 0.846. The fourth-order valence-corrected chi connectivity index (χ4v) is 3.76. The summed E-state index contributed by atoms with van der Waals surface area (Å²) in [5.74, 6) is 1.58. The summed E-state index contributed by atoms with van der Waals surface area (Å²) >= 11 is 0. The smallest absolute Gasteiger partial charge is 0.226 e. The molecule has 0 unspecified atom stereocenters. The molecule has 3 heteroatoms. The Morgan fingerprint density at radius 3 is 2.26 bits per heavy atom. The van der Waals surface area contributed by atoms with E-state index in [1.807, 2.05) is 0 Å². The van der Waals surface area contributed by atoms with Crippen molar-refractivity contribution >= 4 is 5.91 Å². The van der Waals surface area contributed by atoms with Crippen molar-refractivity contribution in [1.82, 2.24) is 10.2 Å². The summed E-state index contributed by atoms with van der Waals surface area (Å²) in [7, 11) is 0. The predicted molar refractivity (Wildman–Crippen MR) is 76.9 cm³/mol. The van der Waals surface area contributed by atoms with E-state index in [4.69, 9.17) is 0 Å². The number of hydrogen-bond donors (Lipinski definition) is 1. The SMILES string of the molecule is O=C(C1CCNCC1)N(CC1CCCCC1)C1CC1. The van der Waals surface area contributed by atoms with Crippen molar-refractivity contribution in [2.24, 2.45) is 11.8 Å². The molecule has 1 heterocycles. The maximum absolute atomic E-state index is 12.8. The summed E-state index contributed by atoms with van der Waals surface area (Å²) in [6.07, 6.45) is 11.5. The summed E-state index contributed by atoms with van der Waals surface area (Å²) < 4.78 is 0. The summed E-state index contributed by atoms with van der Waals surface area (Å²) in [5.41, 5.74) is 0. The van der Waals surface area contributed by atoms with Crippen LogP contribution in [0.1, 0.15) is 57.8 Å². The number of rotatable bonds is 4. The van der Waals surface area contributed by atoms with E-state index >= 15 is 0 Å². The first kappa shape index (κ1) is 13.4. The third kappa shape index (κ3) is 3.50. The Morgan fingerprint density at radius 2 is 1.63 bits per heavy atom. The summed E-state index contributed by atoms with van der Waals surface area (Å²) in [6.45, 7) is 3.12. The van der Waals surface area contributed by atoms with Crippen LogP contribution in [0.15, 0.2) is 0 Å². The molecule has 3 aliphatic rings. The van der Waals surface area contributed by atoms with E-state index in [0.717, 1.165) is 38.4 Å². The first-order chi connectivity index (χ1) is 9.34. The van der Waals surface area contributed by atoms with Crippen LogP contribution in [0.25, 0.3) is 0 Å². The molecule has 0 atom stereocenters. The Hall–Kier alpha value is -0.570. The lowest BCUT2D eigenvalue weighted by Crippen LogP contribution is -2.44.